The minimum atomic E-state index is 0.123. The highest BCUT2D eigenvalue weighted by atomic mass is 16.1. The number of carbonyl (C=O) groups excluding carboxylic acids is 1. The molecule has 0 aromatic heterocycles. The van der Waals surface area contributed by atoms with Crippen molar-refractivity contribution in [1.82, 2.24) is 0 Å². The summed E-state index contributed by atoms with van der Waals surface area (Å²) in [5.41, 5.74) is 2.27. The van der Waals surface area contributed by atoms with Crippen molar-refractivity contribution in [3.05, 3.63) is 29.8 Å². The fourth-order valence-electron chi connectivity index (χ4n) is 2.60. The quantitative estimate of drug-likeness (QED) is 0.800. The van der Waals surface area contributed by atoms with Gasteiger partial charge in [0.05, 0.1) is 0 Å². The first kappa shape index (κ1) is 12.2. The zero-order chi connectivity index (χ0) is 12.5. The number of hydrogen-bond acceptors (Lipinski definition) is 2. The van der Waals surface area contributed by atoms with Crippen molar-refractivity contribution >= 4 is 11.5 Å². The van der Waals surface area contributed by atoms with E-state index < -0.39 is 0 Å². The van der Waals surface area contributed by atoms with Gasteiger partial charge in [0.1, 0.15) is 0 Å². The predicted octanol–water partition coefficient (Wildman–Crippen LogP) is 3.88. The number of benzene rings is 1. The maximum atomic E-state index is 11.2. The zero-order valence-corrected chi connectivity index (χ0v) is 10.9. The van der Waals surface area contributed by atoms with Gasteiger partial charge in [-0.05, 0) is 49.4 Å². The minimum absolute atomic E-state index is 0.123. The standard InChI is InChI=1S/C15H21NO/c1-11(17)12-6-8-13(9-7-12)16-14-5-4-10-15(14,2)3/h6-9,14,16H,4-5,10H2,1-3H3. The van der Waals surface area contributed by atoms with E-state index in [-0.39, 0.29) is 5.78 Å². The molecule has 1 saturated carbocycles. The number of rotatable bonds is 3. The van der Waals surface area contributed by atoms with Crippen LogP contribution < -0.4 is 5.32 Å². The molecule has 1 aliphatic rings. The van der Waals surface area contributed by atoms with Gasteiger partial charge in [0.25, 0.3) is 0 Å². The molecule has 0 amide bonds. The van der Waals surface area contributed by atoms with Gasteiger partial charge in [-0.1, -0.05) is 20.3 Å². The predicted molar refractivity (Wildman–Crippen MR) is 71.5 cm³/mol. The van der Waals surface area contributed by atoms with E-state index in [0.29, 0.717) is 11.5 Å². The van der Waals surface area contributed by atoms with Crippen molar-refractivity contribution in [2.24, 2.45) is 5.41 Å². The first-order chi connectivity index (χ1) is 7.99. The molecule has 2 heteroatoms. The lowest BCUT2D eigenvalue weighted by Gasteiger charge is -2.28. The molecule has 0 bridgehead atoms. The maximum absolute atomic E-state index is 11.2. The molecule has 0 radical (unpaired) electrons. The summed E-state index contributed by atoms with van der Waals surface area (Å²) in [6, 6.07) is 8.35. The molecule has 0 spiro atoms. The topological polar surface area (TPSA) is 29.1 Å². The molecular weight excluding hydrogens is 210 g/mol. The lowest BCUT2D eigenvalue weighted by molar-refractivity contribution is 0.101. The molecule has 17 heavy (non-hydrogen) atoms. The lowest BCUT2D eigenvalue weighted by Crippen LogP contribution is -2.30. The molecule has 92 valence electrons. The highest BCUT2D eigenvalue weighted by Gasteiger charge is 2.34. The molecule has 0 saturated heterocycles. The van der Waals surface area contributed by atoms with Crippen molar-refractivity contribution in [2.75, 3.05) is 5.32 Å². The van der Waals surface area contributed by atoms with E-state index in [2.05, 4.69) is 19.2 Å². The van der Waals surface area contributed by atoms with Crippen LogP contribution in [-0.2, 0) is 0 Å². The molecule has 2 rings (SSSR count). The Morgan fingerprint density at radius 2 is 1.94 bits per heavy atom. The van der Waals surface area contributed by atoms with Crippen molar-refractivity contribution in [3.8, 4) is 0 Å². The van der Waals surface area contributed by atoms with Gasteiger partial charge in [-0.3, -0.25) is 4.79 Å². The summed E-state index contributed by atoms with van der Waals surface area (Å²) in [7, 11) is 0. The molecule has 0 aliphatic heterocycles. The van der Waals surface area contributed by atoms with E-state index in [4.69, 9.17) is 0 Å². The summed E-state index contributed by atoms with van der Waals surface area (Å²) < 4.78 is 0. The molecule has 1 aliphatic carbocycles. The second-order valence-electron chi connectivity index (χ2n) is 5.71. The average Bonchev–Trinajstić information content (AvgIpc) is 2.59. The molecular formula is C15H21NO. The Labute approximate surface area is 103 Å². The van der Waals surface area contributed by atoms with Gasteiger partial charge in [0.2, 0.25) is 0 Å². The fraction of sp³-hybridized carbons (Fsp3) is 0.533. The number of anilines is 1. The maximum Gasteiger partial charge on any atom is 0.159 e. The monoisotopic (exact) mass is 231 g/mol. The van der Waals surface area contributed by atoms with Crippen LogP contribution in [0.1, 0.15) is 50.4 Å². The number of nitrogens with one attached hydrogen (secondary N) is 1. The molecule has 2 nitrogen and oxygen atoms in total. The second kappa shape index (κ2) is 4.52. The third kappa shape index (κ3) is 2.68. The van der Waals surface area contributed by atoms with Crippen LogP contribution in [0.5, 0.6) is 0 Å². The van der Waals surface area contributed by atoms with Gasteiger partial charge >= 0.3 is 0 Å². The third-order valence-electron chi connectivity index (χ3n) is 3.89. The van der Waals surface area contributed by atoms with Gasteiger partial charge in [-0.2, -0.15) is 0 Å². The Bertz CT molecular complexity index is 405. The zero-order valence-electron chi connectivity index (χ0n) is 10.9. The Morgan fingerprint density at radius 3 is 2.41 bits per heavy atom. The molecule has 0 heterocycles. The van der Waals surface area contributed by atoms with Crippen LogP contribution in [-0.4, -0.2) is 11.8 Å². The van der Waals surface area contributed by atoms with Crippen LogP contribution in [0.3, 0.4) is 0 Å². The fourth-order valence-corrected chi connectivity index (χ4v) is 2.60. The van der Waals surface area contributed by atoms with E-state index in [0.717, 1.165) is 11.3 Å². The summed E-state index contributed by atoms with van der Waals surface area (Å²) in [6.07, 6.45) is 3.83. The number of carbonyl (C=O) groups is 1. The number of hydrogen-bond donors (Lipinski definition) is 1. The Balaban J connectivity index is 2.06. The van der Waals surface area contributed by atoms with Gasteiger partial charge < -0.3 is 5.32 Å². The van der Waals surface area contributed by atoms with Crippen LogP contribution in [0.2, 0.25) is 0 Å². The van der Waals surface area contributed by atoms with Crippen molar-refractivity contribution < 1.29 is 4.79 Å². The molecule has 1 N–H and O–H groups in total. The molecule has 1 atom stereocenters. The average molecular weight is 231 g/mol. The van der Waals surface area contributed by atoms with E-state index in [1.807, 2.05) is 24.3 Å². The molecule has 1 aromatic carbocycles. The SMILES string of the molecule is CC(=O)c1ccc(NC2CCCC2(C)C)cc1. The Hall–Kier alpha value is -1.31. The van der Waals surface area contributed by atoms with Crippen molar-refractivity contribution in [2.45, 2.75) is 46.1 Å². The molecule has 1 aromatic rings. The smallest absolute Gasteiger partial charge is 0.159 e. The van der Waals surface area contributed by atoms with E-state index in [1.54, 1.807) is 6.92 Å². The van der Waals surface area contributed by atoms with E-state index in [9.17, 15) is 4.79 Å². The number of Topliss-reactive ketones (excluding diaryl/α,β-unsaturated/α-hetero) is 1. The highest BCUT2D eigenvalue weighted by molar-refractivity contribution is 5.94. The first-order valence-electron chi connectivity index (χ1n) is 6.36. The summed E-state index contributed by atoms with van der Waals surface area (Å²) in [4.78, 5) is 11.2. The summed E-state index contributed by atoms with van der Waals surface area (Å²) in [5, 5.41) is 3.59. The van der Waals surface area contributed by atoms with Crippen molar-refractivity contribution in [3.63, 3.8) is 0 Å². The Morgan fingerprint density at radius 1 is 1.29 bits per heavy atom. The Kier molecular flexibility index (Phi) is 3.23. The van der Waals surface area contributed by atoms with Crippen molar-refractivity contribution in [1.29, 1.82) is 0 Å². The largest absolute Gasteiger partial charge is 0.382 e. The van der Waals surface area contributed by atoms with Crippen LogP contribution in [0.25, 0.3) is 0 Å². The summed E-state index contributed by atoms with van der Waals surface area (Å²) in [6.45, 7) is 6.24. The number of ketones is 1. The normalized spacial score (nSPS) is 22.4. The third-order valence-corrected chi connectivity index (χ3v) is 3.89. The van der Waals surface area contributed by atoms with Gasteiger partial charge in [0, 0.05) is 17.3 Å². The summed E-state index contributed by atoms with van der Waals surface area (Å²) >= 11 is 0. The van der Waals surface area contributed by atoms with Gasteiger partial charge in [-0.15, -0.1) is 0 Å². The summed E-state index contributed by atoms with van der Waals surface area (Å²) in [5.74, 6) is 0.123. The first-order valence-corrected chi connectivity index (χ1v) is 6.36. The highest BCUT2D eigenvalue weighted by Crippen LogP contribution is 2.38. The van der Waals surface area contributed by atoms with Crippen LogP contribution >= 0.6 is 0 Å². The van der Waals surface area contributed by atoms with Crippen LogP contribution in [0, 0.1) is 5.41 Å². The van der Waals surface area contributed by atoms with Gasteiger partial charge in [-0.25, -0.2) is 0 Å². The van der Waals surface area contributed by atoms with E-state index >= 15 is 0 Å². The molecule has 1 fully saturated rings. The van der Waals surface area contributed by atoms with E-state index in [1.165, 1.54) is 19.3 Å². The lowest BCUT2D eigenvalue weighted by atomic mass is 9.87. The second-order valence-corrected chi connectivity index (χ2v) is 5.71. The van der Waals surface area contributed by atoms with Gasteiger partial charge in [0.15, 0.2) is 5.78 Å². The minimum Gasteiger partial charge on any atom is -0.382 e. The van der Waals surface area contributed by atoms with Crippen LogP contribution in [0.4, 0.5) is 5.69 Å². The van der Waals surface area contributed by atoms with Crippen LogP contribution in [0.15, 0.2) is 24.3 Å². The molecule has 1 unspecified atom stereocenters.